The number of carbonyl (C=O) groups is 2. The molecule has 0 saturated heterocycles. The van der Waals surface area contributed by atoms with Crippen molar-refractivity contribution in [1.82, 2.24) is 19.8 Å². The van der Waals surface area contributed by atoms with Crippen molar-refractivity contribution in [2.45, 2.75) is 89.0 Å². The third-order valence-electron chi connectivity index (χ3n) is 16.4. The van der Waals surface area contributed by atoms with Gasteiger partial charge in [0, 0.05) is 68.3 Å². The van der Waals surface area contributed by atoms with Crippen LogP contribution in [0.25, 0.3) is 21.8 Å². The number of nitriles is 2. The first kappa shape index (κ1) is 51.6. The number of ether oxygens (including phenoxy) is 5. The molecule has 74 heavy (non-hydrogen) atoms. The summed E-state index contributed by atoms with van der Waals surface area (Å²) in [6, 6.07) is 30.3. The molecule has 4 heterocycles. The standard InChI is InChI=1S/C58H62Br2N6O8/c1-70-57(68)53-44-26-51(72-30-34-7-13-38(59)14-8-34)56-43(22-24-66(33-62)28-36(44)11-19-49(53)67)46-25-40(17-18-48(46)64-56)74-50-20-12-37-29-65(32-61)23-21-42-41-5-3-4-6-47(41)63-55(42)52(27-45(37)54(50)58(69)71-2)73-31-35-9-15-39(60)16-10-35/h3-10,13-18,25,36-37,44-45,49-54,63-64,67H,11-12,19-24,26-31H2,1-2H3/t36-,37-,44?,45?,49-,50-,51-,52+,53+,54+/m0/s1. The first-order valence-corrected chi connectivity index (χ1v) is 27.4. The monoisotopic (exact) mass is 1130 g/mol. The lowest BCUT2D eigenvalue weighted by atomic mass is 9.67. The summed E-state index contributed by atoms with van der Waals surface area (Å²) in [4.78, 5) is 39.0. The highest BCUT2D eigenvalue weighted by Crippen LogP contribution is 2.48. The fraction of sp³-hybridized carbons (Fsp3) is 0.448. The van der Waals surface area contributed by atoms with E-state index in [9.17, 15) is 25.2 Å². The van der Waals surface area contributed by atoms with Crippen LogP contribution in [0.3, 0.4) is 0 Å². The maximum Gasteiger partial charge on any atom is 0.312 e. The molecular weight excluding hydrogens is 1070 g/mol. The molecule has 386 valence electrons. The van der Waals surface area contributed by atoms with Crippen LogP contribution in [0.15, 0.2) is 99.9 Å². The summed E-state index contributed by atoms with van der Waals surface area (Å²) in [5.41, 5.74) is 7.73. The number of benzene rings is 4. The summed E-state index contributed by atoms with van der Waals surface area (Å²) in [5.74, 6) is -2.44. The predicted octanol–water partition coefficient (Wildman–Crippen LogP) is 10.6. The van der Waals surface area contributed by atoms with Gasteiger partial charge in [0.15, 0.2) is 12.4 Å². The largest absolute Gasteiger partial charge is 0.490 e. The summed E-state index contributed by atoms with van der Waals surface area (Å²) in [6.45, 7) is 2.54. The van der Waals surface area contributed by atoms with E-state index in [4.69, 9.17) is 23.7 Å². The minimum Gasteiger partial charge on any atom is -0.490 e. The molecule has 10 rings (SSSR count). The third kappa shape index (κ3) is 10.9. The Bertz CT molecular complexity index is 3040. The molecule has 10 atom stereocenters. The summed E-state index contributed by atoms with van der Waals surface area (Å²) < 4.78 is 33.9. The third-order valence-corrected chi connectivity index (χ3v) is 17.5. The SMILES string of the molecule is COC(=O)[C@@H]1C2C[C@@H](OCc3ccc(Br)cc3)c3[nH]c4ccccc4c3CCN(C#N)C[C@@H]2CC[C@@H]1Oc1ccc2[nH]c3c(c2c1)CCN(C#N)C[C@@H]1CC[C@H](O)[C@H](C(=O)OC)C1C[C@@H]3OCc1ccc(Br)cc1. The molecule has 4 aliphatic rings. The highest BCUT2D eigenvalue weighted by molar-refractivity contribution is 9.10. The number of nitrogens with zero attached hydrogens (tertiary/aromatic N) is 4. The van der Waals surface area contributed by atoms with E-state index in [1.807, 2.05) is 83.8 Å². The molecule has 3 N–H and O–H groups in total. The quantitative estimate of drug-likeness (QED) is 0.0872. The Morgan fingerprint density at radius 2 is 1.18 bits per heavy atom. The molecule has 14 nitrogen and oxygen atoms in total. The van der Waals surface area contributed by atoms with Crippen molar-refractivity contribution in [3.8, 4) is 18.1 Å². The Hall–Kier alpha value is -5.88. The predicted molar refractivity (Wildman–Crippen MR) is 285 cm³/mol. The molecule has 0 radical (unpaired) electrons. The van der Waals surface area contributed by atoms with E-state index in [2.05, 4.69) is 66.3 Å². The Morgan fingerprint density at radius 1 is 0.662 bits per heavy atom. The van der Waals surface area contributed by atoms with Gasteiger partial charge in [-0.3, -0.25) is 9.59 Å². The molecule has 2 saturated carbocycles. The van der Waals surface area contributed by atoms with Crippen molar-refractivity contribution in [1.29, 1.82) is 10.5 Å². The normalized spacial score (nSPS) is 26.3. The summed E-state index contributed by atoms with van der Waals surface area (Å²) in [7, 11) is 2.79. The van der Waals surface area contributed by atoms with E-state index in [1.54, 1.807) is 4.90 Å². The molecule has 16 heteroatoms. The number of aromatic amines is 2. The topological polar surface area (TPSA) is 186 Å². The smallest absolute Gasteiger partial charge is 0.312 e. The van der Waals surface area contributed by atoms with Crippen LogP contribution in [-0.4, -0.2) is 89.4 Å². The Kier molecular flexibility index (Phi) is 16.0. The number of esters is 2. The van der Waals surface area contributed by atoms with Crippen LogP contribution in [0.4, 0.5) is 0 Å². The second kappa shape index (κ2) is 22.9. The number of aliphatic hydroxyl groups excluding tert-OH is 1. The number of nitrogens with one attached hydrogen (secondary N) is 2. The minimum absolute atomic E-state index is 0.0377. The molecule has 6 aromatic rings. The number of halogens is 2. The number of aliphatic hydroxyl groups is 1. The molecule has 2 aliphatic heterocycles. The Morgan fingerprint density at radius 3 is 1.74 bits per heavy atom. The lowest BCUT2D eigenvalue weighted by Crippen LogP contribution is -2.49. The lowest BCUT2D eigenvalue weighted by Gasteiger charge is -2.44. The fourth-order valence-electron chi connectivity index (χ4n) is 12.7. The van der Waals surface area contributed by atoms with Crippen LogP contribution >= 0.6 is 31.9 Å². The lowest BCUT2D eigenvalue weighted by molar-refractivity contribution is -0.159. The average molecular weight is 1130 g/mol. The molecule has 4 aromatic carbocycles. The molecule has 0 spiro atoms. The van der Waals surface area contributed by atoms with E-state index >= 15 is 0 Å². The number of methoxy groups -OCH3 is 2. The molecule has 0 bridgehead atoms. The second-order valence-corrected chi connectivity index (χ2v) is 22.4. The van der Waals surface area contributed by atoms with Crippen LogP contribution in [-0.2, 0) is 54.6 Å². The van der Waals surface area contributed by atoms with Crippen molar-refractivity contribution in [3.05, 3.63) is 134 Å². The molecular formula is C58H62Br2N6O8. The number of para-hydroxylation sites is 1. The zero-order chi connectivity index (χ0) is 51.5. The minimum atomic E-state index is -0.886. The number of hydrogen-bond acceptors (Lipinski definition) is 12. The molecule has 2 fully saturated rings. The van der Waals surface area contributed by atoms with Gasteiger partial charge in [0.05, 0.1) is 57.6 Å². The van der Waals surface area contributed by atoms with Crippen LogP contribution in [0.5, 0.6) is 5.75 Å². The van der Waals surface area contributed by atoms with Gasteiger partial charge < -0.3 is 48.6 Å². The van der Waals surface area contributed by atoms with E-state index in [1.165, 1.54) is 14.2 Å². The number of H-pyrrole nitrogens is 2. The molecule has 2 aliphatic carbocycles. The number of fused-ring (bicyclic) bond motifs is 8. The summed E-state index contributed by atoms with van der Waals surface area (Å²) >= 11 is 7.11. The first-order valence-electron chi connectivity index (χ1n) is 25.8. The van der Waals surface area contributed by atoms with Gasteiger partial charge >= 0.3 is 11.9 Å². The van der Waals surface area contributed by atoms with Crippen molar-refractivity contribution in [3.63, 3.8) is 0 Å². The van der Waals surface area contributed by atoms with E-state index in [0.29, 0.717) is 96.5 Å². The van der Waals surface area contributed by atoms with Gasteiger partial charge in [0.1, 0.15) is 11.9 Å². The number of carbonyl (C=O) groups excluding carboxylic acids is 2. The zero-order valence-electron chi connectivity index (χ0n) is 41.7. The summed E-state index contributed by atoms with van der Waals surface area (Å²) in [5, 5.41) is 34.4. The maximum atomic E-state index is 14.5. The van der Waals surface area contributed by atoms with Crippen LogP contribution in [0, 0.1) is 58.4 Å². The second-order valence-electron chi connectivity index (χ2n) is 20.5. The Balaban J connectivity index is 1.01. The number of aromatic nitrogens is 2. The van der Waals surface area contributed by atoms with Crippen molar-refractivity contribution in [2.24, 2.45) is 35.5 Å². The van der Waals surface area contributed by atoms with E-state index in [0.717, 1.165) is 64.4 Å². The van der Waals surface area contributed by atoms with E-state index in [-0.39, 0.29) is 29.6 Å². The number of hydrogen-bond donors (Lipinski definition) is 3. The van der Waals surface area contributed by atoms with Gasteiger partial charge in [-0.1, -0.05) is 74.3 Å². The van der Waals surface area contributed by atoms with Gasteiger partial charge in [-0.25, -0.2) is 0 Å². The average Bonchev–Trinajstić information content (AvgIpc) is 3.98. The number of rotatable bonds is 10. The van der Waals surface area contributed by atoms with Gasteiger partial charge in [-0.15, -0.1) is 0 Å². The van der Waals surface area contributed by atoms with Crippen molar-refractivity contribution in [2.75, 3.05) is 40.4 Å². The van der Waals surface area contributed by atoms with Crippen LogP contribution < -0.4 is 4.74 Å². The van der Waals surface area contributed by atoms with Crippen molar-refractivity contribution < 1.29 is 38.4 Å². The fourth-order valence-corrected chi connectivity index (χ4v) is 13.2. The van der Waals surface area contributed by atoms with Gasteiger partial charge in [0.2, 0.25) is 0 Å². The Labute approximate surface area is 448 Å². The molecule has 2 unspecified atom stereocenters. The highest BCUT2D eigenvalue weighted by Gasteiger charge is 2.49. The van der Waals surface area contributed by atoms with E-state index < -0.39 is 42.2 Å². The van der Waals surface area contributed by atoms with Crippen LogP contribution in [0.2, 0.25) is 0 Å². The van der Waals surface area contributed by atoms with Crippen LogP contribution in [0.1, 0.15) is 84.4 Å². The highest BCUT2D eigenvalue weighted by atomic mass is 79.9. The summed E-state index contributed by atoms with van der Waals surface area (Å²) in [6.07, 6.45) is 6.97. The maximum absolute atomic E-state index is 14.5. The van der Waals surface area contributed by atoms with Crippen molar-refractivity contribution >= 4 is 65.6 Å². The van der Waals surface area contributed by atoms with Gasteiger partial charge in [0.25, 0.3) is 0 Å². The first-order chi connectivity index (χ1) is 36.0. The zero-order valence-corrected chi connectivity index (χ0v) is 44.9. The molecule has 0 amide bonds. The van der Waals surface area contributed by atoms with Gasteiger partial charge in [-0.2, -0.15) is 10.5 Å². The van der Waals surface area contributed by atoms with Gasteiger partial charge in [-0.05, 0) is 146 Å². The molecule has 2 aromatic heterocycles.